The topological polar surface area (TPSA) is 584 Å². The van der Waals surface area contributed by atoms with Crippen LogP contribution in [0.15, 0.2) is 85.1 Å². The van der Waals surface area contributed by atoms with Gasteiger partial charge in [-0.1, -0.05) is 38.5 Å². The van der Waals surface area contributed by atoms with Gasteiger partial charge in [-0.25, -0.2) is 47.9 Å². The molecule has 9 aliphatic heterocycles. The van der Waals surface area contributed by atoms with E-state index in [1.807, 2.05) is 19.6 Å². The van der Waals surface area contributed by atoms with Gasteiger partial charge in [-0.3, -0.25) is 62.3 Å². The van der Waals surface area contributed by atoms with Crippen LogP contribution in [0.4, 0.5) is 0 Å². The highest BCUT2D eigenvalue weighted by Gasteiger charge is 2.27. The highest BCUT2D eigenvalue weighted by molar-refractivity contribution is 5.98. The summed E-state index contributed by atoms with van der Waals surface area (Å²) in [7, 11) is 3.75. The van der Waals surface area contributed by atoms with Crippen molar-refractivity contribution in [2.75, 3.05) is 198 Å². The first-order chi connectivity index (χ1) is 70.7. The molecule has 0 aliphatic carbocycles. The molecule has 13 amide bonds. The van der Waals surface area contributed by atoms with E-state index in [1.54, 1.807) is 24.5 Å². The zero-order chi connectivity index (χ0) is 108. The number of carbonyl (C=O) groups is 23. The fourth-order valence-electron chi connectivity index (χ4n) is 15.4. The van der Waals surface area contributed by atoms with Crippen LogP contribution in [-0.2, 0) is 148 Å². The molecular formula is C101H151N13O33. The van der Waals surface area contributed by atoms with Crippen molar-refractivity contribution in [3.05, 3.63) is 85.1 Å². The van der Waals surface area contributed by atoms with Crippen molar-refractivity contribution < 1.29 is 158 Å². The summed E-state index contributed by atoms with van der Waals surface area (Å²) in [4.78, 5) is 273. The highest BCUT2D eigenvalue weighted by Crippen LogP contribution is 2.19. The molecule has 147 heavy (non-hydrogen) atoms. The van der Waals surface area contributed by atoms with Crippen LogP contribution in [0, 0.1) is 0 Å². The number of amides is 13. The van der Waals surface area contributed by atoms with Crippen molar-refractivity contribution in [3.63, 3.8) is 0 Å². The second-order valence-corrected chi connectivity index (χ2v) is 34.6. The molecule has 0 spiro atoms. The SMILES string of the molecule is COC(=O)C=CC(=O)NCCCCCCN1CCCC1=O.COC(=O)C=CC(=O)NCCN1CCCC1=O.COC(=O)C=CC(=O)OCCCCCCN1CCCC1=O.O=C(C=CC(=O)OCCN1CCCC1=O)NCCN1CCCC1=O.O=C(C=CC(=O)OCCN1CCCC1=O)OCCN1CCCC1=O.O=C(O)C=CC(=O)NCCCCCCN1CCCC1=O.O=C(O)C=CC(=O)OCCCCCCN1CCCC1=O. The first-order valence-electron chi connectivity index (χ1n) is 50.6. The molecule has 0 aromatic heterocycles. The largest absolute Gasteiger partial charge is 0.478 e. The minimum absolute atomic E-state index is 0.0710. The van der Waals surface area contributed by atoms with Crippen LogP contribution >= 0.6 is 0 Å². The van der Waals surface area contributed by atoms with Crippen LogP contribution in [0.3, 0.4) is 0 Å². The molecular weight excluding hydrogens is 1920 g/mol. The molecule has 0 atom stereocenters. The Morgan fingerprint density at radius 2 is 0.388 bits per heavy atom. The van der Waals surface area contributed by atoms with Crippen molar-refractivity contribution in [2.45, 2.75) is 218 Å². The summed E-state index contributed by atoms with van der Waals surface area (Å²) in [5, 5.41) is 27.2. The van der Waals surface area contributed by atoms with E-state index in [4.69, 9.17) is 33.9 Å². The lowest BCUT2D eigenvalue weighted by Gasteiger charge is -2.15. The lowest BCUT2D eigenvalue weighted by atomic mass is 10.2. The number of hydrogen-bond acceptors (Lipinski definition) is 31. The predicted molar refractivity (Wildman–Crippen MR) is 528 cm³/mol. The molecule has 818 valence electrons. The molecule has 9 fully saturated rings. The standard InChI is InChI=1S/C16H23N3O5.C16H22N2O6.C15H24N2O4.C15H23NO5.C14H22N2O4.C14H21NO5.C11H16N2O4/c20-13(17-7-10-18-8-1-3-14(18)21)5-6-16(23)24-12-11-19-9-2-4-15(19)22;19-13-3-1-7-17(13)9-11-23-15(21)5-6-16(22)24-12-10-18-8-2-4-14(18)20;1-21-15(20)9-8-13(18)16-10-4-2-3-5-11-17-12-6-7-14(17)19;1-20-14(18)8-9-15(19)21-12-5-3-2-4-10-16-11-6-7-13(16)17;17-12(7-8-14(19)20)15-9-3-1-2-4-10-16-11-5-6-13(16)18;16-12-6-5-10-15(12)9-3-1-2-4-11-20-14(19)8-7-13(17)18;1-17-11(16)5-4-9(14)12-6-8-13-7-2-3-10(13)15/h5-6H,1-4,7-12H2,(H,17,20);5-6H,1-4,7-12H2;8-9H,2-7,10-12H2,1H3,(H,16,18);8-9H,2-7,10-12H2,1H3;7-8H,1-6,9-11H2,(H,15,17)(H,19,20);7-8H,1-6,9-11H2,(H,17,18);4-5H,2-3,6-8H2,1H3,(H,12,14). The van der Waals surface area contributed by atoms with Crippen molar-refractivity contribution >= 4 is 136 Å². The van der Waals surface area contributed by atoms with Crippen LogP contribution < -0.4 is 21.3 Å². The molecule has 9 saturated heterocycles. The first kappa shape index (κ1) is 127. The predicted octanol–water partition coefficient (Wildman–Crippen LogP) is 3.51. The quantitative estimate of drug-likeness (QED) is 0.0219. The van der Waals surface area contributed by atoms with Crippen LogP contribution in [0.5, 0.6) is 0 Å². The van der Waals surface area contributed by atoms with Gasteiger partial charge >= 0.3 is 59.7 Å². The van der Waals surface area contributed by atoms with Crippen LogP contribution in [0.1, 0.15) is 218 Å². The molecule has 46 nitrogen and oxygen atoms in total. The molecule has 0 aromatic rings. The third kappa shape index (κ3) is 63.8. The number of likely N-dealkylation sites (tertiary alicyclic amines) is 9. The minimum Gasteiger partial charge on any atom is -0.478 e. The number of carbonyl (C=O) groups excluding carboxylic acids is 21. The van der Waals surface area contributed by atoms with Crippen molar-refractivity contribution in [3.8, 4) is 0 Å². The third-order valence-corrected chi connectivity index (χ3v) is 23.3. The van der Waals surface area contributed by atoms with Gasteiger partial charge in [0.2, 0.25) is 76.8 Å². The van der Waals surface area contributed by atoms with Gasteiger partial charge in [-0.05, 0) is 122 Å². The van der Waals surface area contributed by atoms with E-state index in [-0.39, 0.29) is 90.7 Å². The molecule has 6 N–H and O–H groups in total. The van der Waals surface area contributed by atoms with Crippen LogP contribution in [0.2, 0.25) is 0 Å². The fraction of sp³-hybridized carbons (Fsp3) is 0.634. The third-order valence-electron chi connectivity index (χ3n) is 23.3. The van der Waals surface area contributed by atoms with Gasteiger partial charge in [0.05, 0.1) is 54.2 Å². The molecule has 0 saturated carbocycles. The Hall–Kier alpha value is -14.0. The molecule has 0 bridgehead atoms. The fourth-order valence-corrected chi connectivity index (χ4v) is 15.4. The van der Waals surface area contributed by atoms with Crippen molar-refractivity contribution in [2.24, 2.45) is 0 Å². The van der Waals surface area contributed by atoms with Gasteiger partial charge < -0.3 is 113 Å². The summed E-state index contributed by atoms with van der Waals surface area (Å²) in [6, 6.07) is 0. The molecule has 9 heterocycles. The second-order valence-electron chi connectivity index (χ2n) is 34.6. The Morgan fingerprint density at radius 3 is 0.619 bits per heavy atom. The number of hydrogen-bond donors (Lipinski definition) is 6. The van der Waals surface area contributed by atoms with E-state index < -0.39 is 65.6 Å². The summed E-state index contributed by atoms with van der Waals surface area (Å²) in [5.41, 5.74) is 0. The average Bonchev–Trinajstić information content (AvgIpc) is 1.88. The van der Waals surface area contributed by atoms with E-state index in [0.717, 1.165) is 305 Å². The zero-order valence-corrected chi connectivity index (χ0v) is 85.3. The van der Waals surface area contributed by atoms with Crippen LogP contribution in [-0.4, -0.2) is 389 Å². The number of methoxy groups -OCH3 is 3. The number of carboxylic acid groups (broad SMARTS) is 2. The Kier molecular flexibility index (Phi) is 68.6. The number of aliphatic carboxylic acids is 2. The molecule has 0 aromatic carbocycles. The first-order valence-corrected chi connectivity index (χ1v) is 50.6. The van der Waals surface area contributed by atoms with E-state index in [0.29, 0.717) is 150 Å². The highest BCUT2D eigenvalue weighted by atomic mass is 16.6. The Bertz CT molecular complexity index is 4140. The molecule has 0 unspecified atom stereocenters. The second kappa shape index (κ2) is 79.3. The number of nitrogens with zero attached hydrogens (tertiary/aromatic N) is 9. The van der Waals surface area contributed by atoms with Gasteiger partial charge in [0, 0.05) is 267 Å². The van der Waals surface area contributed by atoms with Gasteiger partial charge in [0.1, 0.15) is 19.8 Å². The maximum absolute atomic E-state index is 11.6. The van der Waals surface area contributed by atoms with Gasteiger partial charge in [0.15, 0.2) is 0 Å². The van der Waals surface area contributed by atoms with E-state index >= 15 is 0 Å². The Balaban J connectivity index is 0.000000442. The van der Waals surface area contributed by atoms with Crippen LogP contribution in [0.25, 0.3) is 0 Å². The summed E-state index contributed by atoms with van der Waals surface area (Å²) >= 11 is 0. The summed E-state index contributed by atoms with van der Waals surface area (Å²) < 4.78 is 37.7. The molecule has 9 aliphatic rings. The van der Waals surface area contributed by atoms with Crippen molar-refractivity contribution in [1.82, 2.24) is 65.4 Å². The van der Waals surface area contributed by atoms with Gasteiger partial charge in [-0.2, -0.15) is 0 Å². The van der Waals surface area contributed by atoms with E-state index in [9.17, 15) is 110 Å². The molecule has 9 rings (SSSR count). The van der Waals surface area contributed by atoms with Gasteiger partial charge in [-0.15, -0.1) is 0 Å². The zero-order valence-electron chi connectivity index (χ0n) is 85.3. The minimum atomic E-state index is -1.17. The monoisotopic (exact) mass is 2070 g/mol. The number of ether oxygens (including phenoxy) is 8. The lowest BCUT2D eigenvalue weighted by Crippen LogP contribution is -2.34. The number of esters is 8. The smallest absolute Gasteiger partial charge is 0.331 e. The number of nitrogens with one attached hydrogen (secondary N) is 4. The normalized spacial score (nSPS) is 15.9. The average molecular weight is 2080 g/mol. The van der Waals surface area contributed by atoms with E-state index in [1.165, 1.54) is 27.4 Å². The summed E-state index contributed by atoms with van der Waals surface area (Å²) in [6.45, 7) is 15.4. The van der Waals surface area contributed by atoms with Crippen molar-refractivity contribution in [1.29, 1.82) is 0 Å². The molecule has 0 radical (unpaired) electrons. The molecule has 46 heteroatoms. The summed E-state index contributed by atoms with van der Waals surface area (Å²) in [6.07, 6.45) is 43.2. The number of unbranched alkanes of at least 4 members (excludes halogenated alkanes) is 12. The van der Waals surface area contributed by atoms with E-state index in [2.05, 4.69) is 35.5 Å². The lowest BCUT2D eigenvalue weighted by molar-refractivity contribution is -0.142. The maximum Gasteiger partial charge on any atom is 0.331 e. The Labute approximate surface area is 858 Å². The summed E-state index contributed by atoms with van der Waals surface area (Å²) in [5.74, 6) is -7.02. The number of rotatable bonds is 57. The Morgan fingerprint density at radius 1 is 0.211 bits per heavy atom. The maximum atomic E-state index is 11.6. The van der Waals surface area contributed by atoms with Gasteiger partial charge in [0.25, 0.3) is 0 Å². The number of carboxylic acids is 2.